The van der Waals surface area contributed by atoms with Crippen molar-refractivity contribution in [1.82, 2.24) is 15.6 Å². The van der Waals surface area contributed by atoms with Crippen LogP contribution in [0, 0.1) is 5.92 Å². The number of aliphatic imine (C=N–C) groups is 1. The Bertz CT molecular complexity index is 596. The Balaban J connectivity index is 0.00000288. The molecule has 0 fully saturated rings. The molecule has 2 aromatic rings. The van der Waals surface area contributed by atoms with Gasteiger partial charge < -0.3 is 10.6 Å². The first-order valence-corrected chi connectivity index (χ1v) is 9.89. The zero-order valence-corrected chi connectivity index (χ0v) is 18.5. The minimum atomic E-state index is 0. The van der Waals surface area contributed by atoms with Gasteiger partial charge in [-0.05, 0) is 37.1 Å². The van der Waals surface area contributed by atoms with E-state index >= 15 is 0 Å². The van der Waals surface area contributed by atoms with Crippen LogP contribution in [0.5, 0.6) is 0 Å². The molecule has 4 nitrogen and oxygen atoms in total. The SMILES string of the molecule is CCNC(=NCc1ncc(CC)s1)NCC(C)Cc1cccs1.I. The molecule has 2 aromatic heterocycles. The van der Waals surface area contributed by atoms with Crippen molar-refractivity contribution < 1.29 is 0 Å². The Labute approximate surface area is 170 Å². The molecule has 7 heteroatoms. The lowest BCUT2D eigenvalue weighted by Gasteiger charge is -2.15. The minimum absolute atomic E-state index is 0. The number of aromatic nitrogens is 1. The molecule has 2 heterocycles. The molecule has 1 unspecified atom stereocenters. The van der Waals surface area contributed by atoms with Crippen molar-refractivity contribution in [3.8, 4) is 0 Å². The quantitative estimate of drug-likeness (QED) is 0.338. The van der Waals surface area contributed by atoms with Crippen LogP contribution in [0.25, 0.3) is 0 Å². The molecule has 134 valence electrons. The summed E-state index contributed by atoms with van der Waals surface area (Å²) in [4.78, 5) is 11.8. The molecular formula is C17H27IN4S2. The predicted octanol–water partition coefficient (Wildman–Crippen LogP) is 4.32. The highest BCUT2D eigenvalue weighted by atomic mass is 127. The third-order valence-corrected chi connectivity index (χ3v) is 5.44. The van der Waals surface area contributed by atoms with E-state index in [0.29, 0.717) is 12.5 Å². The van der Waals surface area contributed by atoms with E-state index in [1.807, 2.05) is 17.5 Å². The number of rotatable bonds is 8. The summed E-state index contributed by atoms with van der Waals surface area (Å²) in [5.74, 6) is 1.45. The third kappa shape index (κ3) is 7.48. The second-order valence-corrected chi connectivity index (χ2v) is 7.77. The zero-order chi connectivity index (χ0) is 16.5. The second kappa shape index (κ2) is 11.8. The first-order chi connectivity index (χ1) is 11.2. The van der Waals surface area contributed by atoms with Crippen LogP contribution in [-0.2, 0) is 19.4 Å². The van der Waals surface area contributed by atoms with E-state index in [1.165, 1.54) is 9.75 Å². The van der Waals surface area contributed by atoms with Crippen molar-refractivity contribution in [2.75, 3.05) is 13.1 Å². The summed E-state index contributed by atoms with van der Waals surface area (Å²) in [7, 11) is 0. The van der Waals surface area contributed by atoms with Crippen LogP contribution in [-0.4, -0.2) is 24.0 Å². The molecule has 24 heavy (non-hydrogen) atoms. The molecule has 0 aliphatic carbocycles. The van der Waals surface area contributed by atoms with Gasteiger partial charge in [0.05, 0.1) is 6.54 Å². The zero-order valence-electron chi connectivity index (χ0n) is 14.5. The van der Waals surface area contributed by atoms with Gasteiger partial charge >= 0.3 is 0 Å². The van der Waals surface area contributed by atoms with Crippen LogP contribution < -0.4 is 10.6 Å². The van der Waals surface area contributed by atoms with Crippen molar-refractivity contribution in [1.29, 1.82) is 0 Å². The average Bonchev–Trinajstić information content (AvgIpc) is 3.21. The van der Waals surface area contributed by atoms with Crippen molar-refractivity contribution in [3.05, 3.63) is 38.5 Å². The van der Waals surface area contributed by atoms with E-state index in [0.717, 1.165) is 36.9 Å². The highest BCUT2D eigenvalue weighted by Crippen LogP contribution is 2.15. The first-order valence-electron chi connectivity index (χ1n) is 8.19. The molecule has 2 rings (SSSR count). The lowest BCUT2D eigenvalue weighted by molar-refractivity contribution is 0.562. The van der Waals surface area contributed by atoms with E-state index in [1.54, 1.807) is 11.3 Å². The standard InChI is InChI=1S/C17H26N4S2.HI/c1-4-14-11-19-16(23-14)12-21-17(18-5-2)20-10-13(3)9-15-7-6-8-22-15;/h6-8,11,13H,4-5,9-10,12H2,1-3H3,(H2,18,20,21);1H. The highest BCUT2D eigenvalue weighted by molar-refractivity contribution is 14.0. The van der Waals surface area contributed by atoms with Crippen LogP contribution in [0.1, 0.15) is 35.5 Å². The topological polar surface area (TPSA) is 49.3 Å². The van der Waals surface area contributed by atoms with Gasteiger partial charge in [0.2, 0.25) is 0 Å². The average molecular weight is 478 g/mol. The van der Waals surface area contributed by atoms with Crippen molar-refractivity contribution in [2.24, 2.45) is 10.9 Å². The number of guanidine groups is 1. The normalized spacial score (nSPS) is 12.5. The van der Waals surface area contributed by atoms with Crippen molar-refractivity contribution in [2.45, 2.75) is 40.2 Å². The van der Waals surface area contributed by atoms with Crippen LogP contribution >= 0.6 is 46.7 Å². The van der Waals surface area contributed by atoms with E-state index in [2.05, 4.69) is 58.9 Å². The second-order valence-electron chi connectivity index (χ2n) is 5.54. The van der Waals surface area contributed by atoms with Gasteiger partial charge in [0.25, 0.3) is 0 Å². The fraction of sp³-hybridized carbons (Fsp3) is 0.529. The number of thiophene rings is 1. The Morgan fingerprint density at radius 3 is 2.75 bits per heavy atom. The highest BCUT2D eigenvalue weighted by Gasteiger charge is 2.06. The Morgan fingerprint density at radius 2 is 2.12 bits per heavy atom. The summed E-state index contributed by atoms with van der Waals surface area (Å²) in [6.45, 7) is 8.93. The van der Waals surface area contributed by atoms with E-state index in [4.69, 9.17) is 0 Å². The lowest BCUT2D eigenvalue weighted by Crippen LogP contribution is -2.39. The number of nitrogens with one attached hydrogen (secondary N) is 2. The van der Waals surface area contributed by atoms with Gasteiger partial charge in [-0.15, -0.1) is 46.7 Å². The van der Waals surface area contributed by atoms with E-state index in [9.17, 15) is 0 Å². The monoisotopic (exact) mass is 478 g/mol. The maximum atomic E-state index is 4.65. The van der Waals surface area contributed by atoms with Gasteiger partial charge in [-0.2, -0.15) is 0 Å². The Kier molecular flexibility index (Phi) is 10.5. The van der Waals surface area contributed by atoms with Gasteiger partial charge in [0.15, 0.2) is 5.96 Å². The van der Waals surface area contributed by atoms with E-state index < -0.39 is 0 Å². The van der Waals surface area contributed by atoms with Gasteiger partial charge in [0.1, 0.15) is 5.01 Å². The fourth-order valence-electron chi connectivity index (χ4n) is 2.19. The number of halogens is 1. The molecular weight excluding hydrogens is 451 g/mol. The van der Waals surface area contributed by atoms with Gasteiger partial charge in [-0.1, -0.05) is 19.9 Å². The smallest absolute Gasteiger partial charge is 0.191 e. The van der Waals surface area contributed by atoms with Crippen LogP contribution in [0.4, 0.5) is 0 Å². The number of hydrogen-bond acceptors (Lipinski definition) is 4. The molecule has 1 atom stereocenters. The van der Waals surface area contributed by atoms with Gasteiger partial charge in [-0.25, -0.2) is 9.98 Å². The van der Waals surface area contributed by atoms with Gasteiger partial charge in [0, 0.05) is 29.0 Å². The first kappa shape index (κ1) is 21.4. The van der Waals surface area contributed by atoms with Crippen LogP contribution in [0.3, 0.4) is 0 Å². The minimum Gasteiger partial charge on any atom is -0.357 e. The summed E-state index contributed by atoms with van der Waals surface area (Å²) in [6.07, 6.45) is 4.11. The molecule has 0 saturated carbocycles. The number of hydrogen-bond donors (Lipinski definition) is 2. The molecule has 0 bridgehead atoms. The maximum absolute atomic E-state index is 4.65. The molecule has 0 amide bonds. The largest absolute Gasteiger partial charge is 0.357 e. The van der Waals surface area contributed by atoms with Crippen molar-refractivity contribution >= 4 is 52.6 Å². The molecule has 0 aliphatic rings. The Morgan fingerprint density at radius 1 is 1.29 bits per heavy atom. The summed E-state index contributed by atoms with van der Waals surface area (Å²) in [5, 5.41) is 9.96. The summed E-state index contributed by atoms with van der Waals surface area (Å²) >= 11 is 3.57. The Hall–Kier alpha value is -0.670. The number of thiazole rings is 1. The van der Waals surface area contributed by atoms with Crippen molar-refractivity contribution in [3.63, 3.8) is 0 Å². The lowest BCUT2D eigenvalue weighted by atomic mass is 10.1. The molecule has 2 N–H and O–H groups in total. The summed E-state index contributed by atoms with van der Waals surface area (Å²) < 4.78 is 0. The van der Waals surface area contributed by atoms with Crippen LogP contribution in [0.2, 0.25) is 0 Å². The number of nitrogens with zero attached hydrogens (tertiary/aromatic N) is 2. The number of aryl methyl sites for hydroxylation is 1. The molecule has 0 saturated heterocycles. The summed E-state index contributed by atoms with van der Waals surface area (Å²) in [6, 6.07) is 4.32. The van der Waals surface area contributed by atoms with E-state index in [-0.39, 0.29) is 24.0 Å². The maximum Gasteiger partial charge on any atom is 0.191 e. The predicted molar refractivity (Wildman–Crippen MR) is 117 cm³/mol. The molecule has 0 aliphatic heterocycles. The summed E-state index contributed by atoms with van der Waals surface area (Å²) in [5.41, 5.74) is 0. The molecule has 0 spiro atoms. The fourth-order valence-corrected chi connectivity index (χ4v) is 3.84. The van der Waals surface area contributed by atoms with Crippen LogP contribution in [0.15, 0.2) is 28.7 Å². The van der Waals surface area contributed by atoms with Gasteiger partial charge in [-0.3, -0.25) is 0 Å². The molecule has 0 aromatic carbocycles. The molecule has 0 radical (unpaired) electrons. The third-order valence-electron chi connectivity index (χ3n) is 3.41.